The lowest BCUT2D eigenvalue weighted by atomic mass is 10.00. The van der Waals surface area contributed by atoms with Gasteiger partial charge in [0.15, 0.2) is 9.84 Å². The van der Waals surface area contributed by atoms with Gasteiger partial charge in [0.05, 0.1) is 4.90 Å². The van der Waals surface area contributed by atoms with Gasteiger partial charge in [0, 0.05) is 18.8 Å². The smallest absolute Gasteiger partial charge is 0.238 e. The average Bonchev–Trinajstić information content (AvgIpc) is 2.94. The first-order valence-corrected chi connectivity index (χ1v) is 10.2. The molecule has 1 amide bonds. The van der Waals surface area contributed by atoms with E-state index in [4.69, 9.17) is 0 Å². The minimum atomic E-state index is -3.16. The van der Waals surface area contributed by atoms with Gasteiger partial charge in [-0.3, -0.25) is 10.2 Å². The molecule has 1 heterocycles. The van der Waals surface area contributed by atoms with Crippen LogP contribution in [0.25, 0.3) is 0 Å². The van der Waals surface area contributed by atoms with Gasteiger partial charge in [-0.15, -0.1) is 0 Å². The van der Waals surface area contributed by atoms with Gasteiger partial charge in [0.2, 0.25) is 5.91 Å². The molecule has 2 unspecified atom stereocenters. The van der Waals surface area contributed by atoms with Crippen LogP contribution < -0.4 is 16.2 Å². The van der Waals surface area contributed by atoms with E-state index in [0.717, 1.165) is 18.4 Å². The number of hydrogen-bond acceptors (Lipinski definition) is 5. The van der Waals surface area contributed by atoms with Crippen LogP contribution in [0.3, 0.4) is 0 Å². The Labute approximate surface area is 144 Å². The molecular formula is C17H27N3O3S. The summed E-state index contributed by atoms with van der Waals surface area (Å²) in [5.41, 5.74) is 7.23. The minimum Gasteiger partial charge on any atom is -0.354 e. The molecule has 0 bridgehead atoms. The van der Waals surface area contributed by atoms with Crippen molar-refractivity contribution in [2.45, 2.75) is 50.1 Å². The third-order valence-corrected chi connectivity index (χ3v) is 5.25. The van der Waals surface area contributed by atoms with Gasteiger partial charge >= 0.3 is 0 Å². The van der Waals surface area contributed by atoms with Crippen molar-refractivity contribution in [3.05, 3.63) is 29.8 Å². The number of amides is 1. The number of benzene rings is 1. The second-order valence-electron chi connectivity index (χ2n) is 6.86. The maximum absolute atomic E-state index is 12.2. The van der Waals surface area contributed by atoms with Crippen molar-refractivity contribution in [3.63, 3.8) is 0 Å². The van der Waals surface area contributed by atoms with E-state index in [1.54, 1.807) is 24.3 Å². The van der Waals surface area contributed by atoms with Gasteiger partial charge in [0.1, 0.15) is 6.04 Å². The number of nitrogens with one attached hydrogen (secondary N) is 3. The molecule has 7 heteroatoms. The molecule has 2 rings (SSSR count). The van der Waals surface area contributed by atoms with Gasteiger partial charge in [-0.1, -0.05) is 26.0 Å². The molecule has 0 spiro atoms. The van der Waals surface area contributed by atoms with Crippen LogP contribution in [-0.4, -0.2) is 39.2 Å². The molecule has 1 aliphatic rings. The lowest BCUT2D eigenvalue weighted by Crippen LogP contribution is -2.44. The van der Waals surface area contributed by atoms with Crippen LogP contribution in [0.4, 0.5) is 0 Å². The highest BCUT2D eigenvalue weighted by Gasteiger charge is 2.29. The topological polar surface area (TPSA) is 87.3 Å². The summed E-state index contributed by atoms with van der Waals surface area (Å²) in [5, 5.41) is 2.93. The van der Waals surface area contributed by atoms with Gasteiger partial charge in [0.25, 0.3) is 0 Å². The van der Waals surface area contributed by atoms with Crippen molar-refractivity contribution in [2.24, 2.45) is 5.92 Å². The number of hydrogen-bond donors (Lipinski definition) is 3. The van der Waals surface area contributed by atoms with Crippen LogP contribution in [0.5, 0.6) is 0 Å². The zero-order valence-corrected chi connectivity index (χ0v) is 15.3. The summed E-state index contributed by atoms with van der Waals surface area (Å²) in [6, 6.07) is 6.93. The zero-order chi connectivity index (χ0) is 17.7. The number of sulfone groups is 1. The zero-order valence-electron chi connectivity index (χ0n) is 14.5. The molecule has 0 aromatic heterocycles. The van der Waals surface area contributed by atoms with E-state index in [1.807, 2.05) is 0 Å². The second-order valence-corrected chi connectivity index (χ2v) is 8.88. The van der Waals surface area contributed by atoms with Gasteiger partial charge < -0.3 is 5.32 Å². The molecule has 1 aromatic carbocycles. The summed E-state index contributed by atoms with van der Waals surface area (Å²) in [6.07, 6.45) is 3.71. The van der Waals surface area contributed by atoms with E-state index in [1.165, 1.54) is 6.26 Å². The van der Waals surface area contributed by atoms with Gasteiger partial charge in [-0.25, -0.2) is 13.8 Å². The second kappa shape index (κ2) is 8.09. The third-order valence-electron chi connectivity index (χ3n) is 4.12. The van der Waals surface area contributed by atoms with Crippen molar-refractivity contribution in [1.29, 1.82) is 0 Å². The average molecular weight is 353 g/mol. The molecule has 0 saturated carbocycles. The van der Waals surface area contributed by atoms with Gasteiger partial charge in [-0.05, 0) is 42.9 Å². The number of rotatable bonds is 7. The molecule has 2 atom stereocenters. The van der Waals surface area contributed by atoms with E-state index in [2.05, 4.69) is 30.0 Å². The van der Waals surface area contributed by atoms with Crippen molar-refractivity contribution >= 4 is 15.7 Å². The number of hydrazine groups is 1. The predicted octanol–water partition coefficient (Wildman–Crippen LogP) is 1.03. The van der Waals surface area contributed by atoms with E-state index in [0.29, 0.717) is 29.8 Å². The highest BCUT2D eigenvalue weighted by Crippen LogP contribution is 2.14. The molecule has 6 nitrogen and oxygen atoms in total. The lowest BCUT2D eigenvalue weighted by Gasteiger charge is -2.12. The first kappa shape index (κ1) is 18.9. The fraction of sp³-hybridized carbons (Fsp3) is 0.588. The summed E-state index contributed by atoms with van der Waals surface area (Å²) in [5.74, 6) is 0.600. The highest BCUT2D eigenvalue weighted by atomic mass is 32.2. The van der Waals surface area contributed by atoms with Crippen LogP contribution in [-0.2, 0) is 21.1 Å². The highest BCUT2D eigenvalue weighted by molar-refractivity contribution is 7.90. The molecule has 1 aromatic rings. The van der Waals surface area contributed by atoms with Crippen LogP contribution in [0.15, 0.2) is 29.2 Å². The van der Waals surface area contributed by atoms with Crippen molar-refractivity contribution in [3.8, 4) is 0 Å². The molecule has 3 N–H and O–H groups in total. The molecule has 0 radical (unpaired) electrons. The summed E-state index contributed by atoms with van der Waals surface area (Å²) >= 11 is 0. The Bertz CT molecular complexity index is 656. The Kier molecular flexibility index (Phi) is 6.37. The molecule has 1 saturated heterocycles. The largest absolute Gasteiger partial charge is 0.354 e. The molecule has 1 fully saturated rings. The van der Waals surface area contributed by atoms with Crippen LogP contribution in [0.1, 0.15) is 32.3 Å². The summed E-state index contributed by atoms with van der Waals surface area (Å²) in [6.45, 7) is 4.87. The summed E-state index contributed by atoms with van der Waals surface area (Å²) in [7, 11) is -3.16. The van der Waals surface area contributed by atoms with E-state index >= 15 is 0 Å². The maximum atomic E-state index is 12.2. The molecular weight excluding hydrogens is 326 g/mol. The van der Waals surface area contributed by atoms with Crippen LogP contribution in [0.2, 0.25) is 0 Å². The first-order valence-electron chi connectivity index (χ1n) is 8.33. The minimum absolute atomic E-state index is 0.00140. The SMILES string of the molecule is CC(C)CC1CC(C(=O)NCCc2ccc(S(C)(=O)=O)cc2)NN1. The Hall–Kier alpha value is -1.44. The van der Waals surface area contributed by atoms with Crippen molar-refractivity contribution < 1.29 is 13.2 Å². The third kappa shape index (κ3) is 5.58. The summed E-state index contributed by atoms with van der Waals surface area (Å²) in [4.78, 5) is 12.5. The number of carbonyl (C=O) groups excluding carboxylic acids is 1. The van der Waals surface area contributed by atoms with E-state index in [-0.39, 0.29) is 11.9 Å². The quantitative estimate of drug-likeness (QED) is 0.681. The Morgan fingerprint density at radius 3 is 2.50 bits per heavy atom. The Balaban J connectivity index is 1.75. The lowest BCUT2D eigenvalue weighted by molar-refractivity contribution is -0.122. The standard InChI is InChI=1S/C17H27N3O3S/c1-12(2)10-14-11-16(20-19-14)17(21)18-9-8-13-4-6-15(7-5-13)24(3,22)23/h4-7,12,14,16,19-20H,8-11H2,1-3H3,(H,18,21). The Morgan fingerprint density at radius 1 is 1.25 bits per heavy atom. The molecule has 0 aliphatic carbocycles. The monoisotopic (exact) mass is 353 g/mol. The van der Waals surface area contributed by atoms with E-state index < -0.39 is 9.84 Å². The van der Waals surface area contributed by atoms with Gasteiger partial charge in [-0.2, -0.15) is 0 Å². The van der Waals surface area contributed by atoms with Crippen molar-refractivity contribution in [2.75, 3.05) is 12.8 Å². The molecule has 1 aliphatic heterocycles. The molecule has 134 valence electrons. The van der Waals surface area contributed by atoms with Crippen LogP contribution >= 0.6 is 0 Å². The number of carbonyl (C=O) groups is 1. The molecule has 24 heavy (non-hydrogen) atoms. The fourth-order valence-corrected chi connectivity index (χ4v) is 3.50. The van der Waals surface area contributed by atoms with Crippen molar-refractivity contribution in [1.82, 2.24) is 16.2 Å². The Morgan fingerprint density at radius 2 is 1.92 bits per heavy atom. The van der Waals surface area contributed by atoms with E-state index in [9.17, 15) is 13.2 Å². The summed E-state index contributed by atoms with van der Waals surface area (Å²) < 4.78 is 22.8. The normalized spacial score (nSPS) is 21.2. The predicted molar refractivity (Wildman–Crippen MR) is 94.2 cm³/mol. The first-order chi connectivity index (χ1) is 11.3. The fourth-order valence-electron chi connectivity index (χ4n) is 2.87. The maximum Gasteiger partial charge on any atom is 0.238 e. The van der Waals surface area contributed by atoms with Crippen LogP contribution in [0, 0.1) is 5.92 Å².